The molecule has 0 radical (unpaired) electrons. The lowest BCUT2D eigenvalue weighted by molar-refractivity contribution is 0.245. The number of aliphatic hydroxyl groups is 1. The topological polar surface area (TPSA) is 75.1 Å². The standard InChI is InChI=1S/C20H35N3O3/c1-5-21-20(23-15-17(10-12-24)14-16(2)3)22-11-13-26-19-8-6-18(25-4)7-9-19/h6-9,16-17,24H,5,10-15H2,1-4H3,(H2,21,22,23). The Labute approximate surface area is 158 Å². The van der Waals surface area contributed by atoms with Gasteiger partial charge in [-0.2, -0.15) is 0 Å². The van der Waals surface area contributed by atoms with Gasteiger partial charge in [0.25, 0.3) is 0 Å². The molecule has 0 aliphatic heterocycles. The highest BCUT2D eigenvalue weighted by molar-refractivity contribution is 5.79. The lowest BCUT2D eigenvalue weighted by Gasteiger charge is -2.17. The Morgan fingerprint density at radius 3 is 2.42 bits per heavy atom. The molecule has 0 saturated heterocycles. The van der Waals surface area contributed by atoms with Crippen LogP contribution < -0.4 is 20.1 Å². The maximum absolute atomic E-state index is 9.23. The third-order valence-corrected chi connectivity index (χ3v) is 3.92. The van der Waals surface area contributed by atoms with Crippen LogP contribution in [0.1, 0.15) is 33.6 Å². The van der Waals surface area contributed by atoms with Crippen molar-refractivity contribution in [2.45, 2.75) is 33.6 Å². The van der Waals surface area contributed by atoms with Crippen molar-refractivity contribution in [3.63, 3.8) is 0 Å². The maximum atomic E-state index is 9.23. The number of hydrogen-bond acceptors (Lipinski definition) is 4. The van der Waals surface area contributed by atoms with Crippen molar-refractivity contribution in [3.8, 4) is 11.5 Å². The van der Waals surface area contributed by atoms with Crippen LogP contribution in [-0.4, -0.2) is 51.0 Å². The molecule has 3 N–H and O–H groups in total. The van der Waals surface area contributed by atoms with Gasteiger partial charge in [0.05, 0.1) is 13.7 Å². The SMILES string of the molecule is CCNC(=NCC(CCO)CC(C)C)NCCOc1ccc(OC)cc1. The Kier molecular flexibility index (Phi) is 11.3. The molecule has 1 atom stereocenters. The third kappa shape index (κ3) is 9.51. The minimum Gasteiger partial charge on any atom is -0.497 e. The summed E-state index contributed by atoms with van der Waals surface area (Å²) in [5.74, 6) is 3.43. The number of aliphatic hydroxyl groups excluding tert-OH is 1. The molecule has 148 valence electrons. The molecule has 0 fully saturated rings. The number of benzene rings is 1. The first kappa shape index (κ1) is 22.1. The van der Waals surface area contributed by atoms with E-state index in [1.54, 1.807) is 7.11 Å². The monoisotopic (exact) mass is 365 g/mol. The van der Waals surface area contributed by atoms with Crippen LogP contribution in [0.15, 0.2) is 29.3 Å². The lowest BCUT2D eigenvalue weighted by atomic mass is 9.94. The molecule has 0 aliphatic rings. The smallest absolute Gasteiger partial charge is 0.191 e. The molecule has 0 bridgehead atoms. The maximum Gasteiger partial charge on any atom is 0.191 e. The number of methoxy groups -OCH3 is 1. The van der Waals surface area contributed by atoms with Crippen LogP contribution in [0.2, 0.25) is 0 Å². The average Bonchev–Trinajstić information content (AvgIpc) is 2.63. The van der Waals surface area contributed by atoms with Crippen LogP contribution in [0.5, 0.6) is 11.5 Å². The molecule has 1 aromatic rings. The number of guanidine groups is 1. The zero-order valence-corrected chi connectivity index (χ0v) is 16.6. The lowest BCUT2D eigenvalue weighted by Crippen LogP contribution is -2.39. The number of aliphatic imine (C=N–C) groups is 1. The van der Waals surface area contributed by atoms with Gasteiger partial charge in [0.1, 0.15) is 18.1 Å². The number of ether oxygens (including phenoxy) is 2. The van der Waals surface area contributed by atoms with Crippen LogP contribution in [0.3, 0.4) is 0 Å². The predicted octanol–water partition coefficient (Wildman–Crippen LogP) is 2.67. The number of hydrogen-bond donors (Lipinski definition) is 3. The van der Waals surface area contributed by atoms with Crippen molar-refractivity contribution < 1.29 is 14.6 Å². The summed E-state index contributed by atoms with van der Waals surface area (Å²) in [7, 11) is 1.65. The minimum absolute atomic E-state index is 0.215. The number of rotatable bonds is 12. The highest BCUT2D eigenvalue weighted by atomic mass is 16.5. The van der Waals surface area contributed by atoms with Crippen LogP contribution in [0, 0.1) is 11.8 Å². The molecule has 0 spiro atoms. The van der Waals surface area contributed by atoms with Gasteiger partial charge in [-0.25, -0.2) is 0 Å². The predicted molar refractivity (Wildman–Crippen MR) is 107 cm³/mol. The first-order valence-electron chi connectivity index (χ1n) is 9.48. The molecule has 6 nitrogen and oxygen atoms in total. The largest absolute Gasteiger partial charge is 0.497 e. The highest BCUT2D eigenvalue weighted by Gasteiger charge is 2.10. The Bertz CT molecular complexity index is 504. The fourth-order valence-electron chi connectivity index (χ4n) is 2.71. The summed E-state index contributed by atoms with van der Waals surface area (Å²) < 4.78 is 10.8. The zero-order valence-electron chi connectivity index (χ0n) is 16.6. The Morgan fingerprint density at radius 1 is 1.15 bits per heavy atom. The first-order valence-corrected chi connectivity index (χ1v) is 9.48. The molecule has 0 amide bonds. The van der Waals surface area contributed by atoms with Crippen molar-refractivity contribution >= 4 is 5.96 Å². The molecule has 1 aromatic carbocycles. The normalized spacial score (nSPS) is 12.8. The zero-order chi connectivity index (χ0) is 19.2. The van der Waals surface area contributed by atoms with Crippen LogP contribution >= 0.6 is 0 Å². The number of nitrogens with zero attached hydrogens (tertiary/aromatic N) is 1. The van der Waals surface area contributed by atoms with E-state index in [9.17, 15) is 5.11 Å². The van der Waals surface area contributed by atoms with Crippen LogP contribution in [0.25, 0.3) is 0 Å². The summed E-state index contributed by atoms with van der Waals surface area (Å²) >= 11 is 0. The van der Waals surface area contributed by atoms with Gasteiger partial charge in [-0.15, -0.1) is 0 Å². The van der Waals surface area contributed by atoms with E-state index < -0.39 is 0 Å². The van der Waals surface area contributed by atoms with Gasteiger partial charge >= 0.3 is 0 Å². The molecule has 1 rings (SSSR count). The van der Waals surface area contributed by atoms with Crippen molar-refractivity contribution in [1.82, 2.24) is 10.6 Å². The van der Waals surface area contributed by atoms with Gasteiger partial charge in [-0.3, -0.25) is 4.99 Å². The molecule has 0 heterocycles. The summed E-state index contributed by atoms with van der Waals surface area (Å²) in [4.78, 5) is 4.66. The fourth-order valence-corrected chi connectivity index (χ4v) is 2.71. The fraction of sp³-hybridized carbons (Fsp3) is 0.650. The molecule has 0 aromatic heterocycles. The quantitative estimate of drug-likeness (QED) is 0.302. The molecule has 26 heavy (non-hydrogen) atoms. The van der Waals surface area contributed by atoms with E-state index in [0.717, 1.165) is 36.8 Å². The summed E-state index contributed by atoms with van der Waals surface area (Å²) in [6, 6.07) is 7.54. The second-order valence-corrected chi connectivity index (χ2v) is 6.68. The molecule has 6 heteroatoms. The summed E-state index contributed by atoms with van der Waals surface area (Å²) in [6.07, 6.45) is 1.87. The van der Waals surface area contributed by atoms with E-state index >= 15 is 0 Å². The van der Waals surface area contributed by atoms with Gasteiger partial charge < -0.3 is 25.2 Å². The highest BCUT2D eigenvalue weighted by Crippen LogP contribution is 2.17. The van der Waals surface area contributed by atoms with E-state index in [4.69, 9.17) is 9.47 Å². The average molecular weight is 366 g/mol. The molecule has 0 saturated carbocycles. The molecule has 0 aliphatic carbocycles. The number of nitrogens with one attached hydrogen (secondary N) is 2. The second-order valence-electron chi connectivity index (χ2n) is 6.68. The summed E-state index contributed by atoms with van der Waals surface area (Å²) in [6.45, 7) is 9.39. The van der Waals surface area contributed by atoms with Gasteiger partial charge in [-0.1, -0.05) is 13.8 Å². The molecular weight excluding hydrogens is 330 g/mol. The molecular formula is C20H35N3O3. The van der Waals surface area contributed by atoms with Gasteiger partial charge in [0, 0.05) is 19.7 Å². The Hall–Kier alpha value is -1.95. The van der Waals surface area contributed by atoms with E-state index in [0.29, 0.717) is 31.5 Å². The van der Waals surface area contributed by atoms with Gasteiger partial charge in [0.2, 0.25) is 0 Å². The van der Waals surface area contributed by atoms with E-state index in [1.807, 2.05) is 31.2 Å². The second kappa shape index (κ2) is 13.3. The van der Waals surface area contributed by atoms with Crippen molar-refractivity contribution in [2.75, 3.05) is 40.0 Å². The van der Waals surface area contributed by atoms with Crippen molar-refractivity contribution in [1.29, 1.82) is 0 Å². The Morgan fingerprint density at radius 2 is 1.85 bits per heavy atom. The third-order valence-electron chi connectivity index (χ3n) is 3.92. The van der Waals surface area contributed by atoms with Crippen LogP contribution in [0.4, 0.5) is 0 Å². The summed E-state index contributed by atoms with van der Waals surface area (Å²) in [5.41, 5.74) is 0. The minimum atomic E-state index is 0.215. The van der Waals surface area contributed by atoms with Crippen molar-refractivity contribution in [3.05, 3.63) is 24.3 Å². The van der Waals surface area contributed by atoms with Gasteiger partial charge in [0.15, 0.2) is 5.96 Å². The first-order chi connectivity index (χ1) is 12.6. The van der Waals surface area contributed by atoms with E-state index in [1.165, 1.54) is 0 Å². The van der Waals surface area contributed by atoms with Gasteiger partial charge in [-0.05, 0) is 55.9 Å². The Balaban J connectivity index is 2.42. The molecule has 1 unspecified atom stereocenters. The van der Waals surface area contributed by atoms with Crippen LogP contribution in [-0.2, 0) is 0 Å². The van der Waals surface area contributed by atoms with E-state index in [-0.39, 0.29) is 6.61 Å². The van der Waals surface area contributed by atoms with Crippen molar-refractivity contribution in [2.24, 2.45) is 16.8 Å². The summed E-state index contributed by atoms with van der Waals surface area (Å²) in [5, 5.41) is 15.8. The van der Waals surface area contributed by atoms with E-state index in [2.05, 4.69) is 29.5 Å².